The lowest BCUT2D eigenvalue weighted by atomic mass is 10.1. The lowest BCUT2D eigenvalue weighted by molar-refractivity contribution is -0.112. The zero-order chi connectivity index (χ0) is 14.0. The fourth-order valence-electron chi connectivity index (χ4n) is 1.97. The van der Waals surface area contributed by atoms with Gasteiger partial charge in [-0.25, -0.2) is 4.79 Å². The van der Waals surface area contributed by atoms with Gasteiger partial charge in [0.1, 0.15) is 5.58 Å². The van der Waals surface area contributed by atoms with Gasteiger partial charge in [-0.3, -0.25) is 4.79 Å². The summed E-state index contributed by atoms with van der Waals surface area (Å²) in [6.07, 6.45) is 1.51. The van der Waals surface area contributed by atoms with E-state index in [4.69, 9.17) is 4.42 Å². The largest absolute Gasteiger partial charge is 0.423 e. The Labute approximate surface area is 110 Å². The van der Waals surface area contributed by atoms with Crippen molar-refractivity contribution in [3.8, 4) is 0 Å². The Morgan fingerprint density at radius 1 is 1.26 bits per heavy atom. The molecule has 19 heavy (non-hydrogen) atoms. The molecule has 0 aliphatic heterocycles. The Kier molecular flexibility index (Phi) is 3.51. The molecule has 0 saturated carbocycles. The average Bonchev–Trinajstić information content (AvgIpc) is 2.26. The predicted octanol–water partition coefficient (Wildman–Crippen LogP) is 3.01. The molecule has 0 unspecified atom stereocenters. The van der Waals surface area contributed by atoms with Crippen LogP contribution in [0.3, 0.4) is 0 Å². The zero-order valence-electron chi connectivity index (χ0n) is 11.1. The summed E-state index contributed by atoms with van der Waals surface area (Å²) >= 11 is 0. The number of anilines is 1. The molecule has 0 aliphatic rings. The number of allylic oxidation sites excluding steroid dienone is 2. The first-order valence-electron chi connectivity index (χ1n) is 5.96. The monoisotopic (exact) mass is 257 g/mol. The zero-order valence-corrected chi connectivity index (χ0v) is 11.1. The van der Waals surface area contributed by atoms with E-state index in [-0.39, 0.29) is 11.4 Å². The van der Waals surface area contributed by atoms with Gasteiger partial charge in [0.15, 0.2) is 5.78 Å². The molecule has 0 saturated heterocycles. The lowest BCUT2D eigenvalue weighted by Crippen LogP contribution is -2.00. The third-order valence-electron chi connectivity index (χ3n) is 2.71. The summed E-state index contributed by atoms with van der Waals surface area (Å²) in [6, 6.07) is 6.99. The maximum atomic E-state index is 11.3. The number of hydrogen-bond donors (Lipinski definition) is 1. The molecule has 2 rings (SSSR count). The van der Waals surface area contributed by atoms with Crippen LogP contribution in [0.1, 0.15) is 19.4 Å². The van der Waals surface area contributed by atoms with E-state index >= 15 is 0 Å². The van der Waals surface area contributed by atoms with Crippen molar-refractivity contribution in [3.63, 3.8) is 0 Å². The number of nitrogens with one attached hydrogen (secondary N) is 1. The molecule has 0 atom stereocenters. The van der Waals surface area contributed by atoms with Crippen LogP contribution in [-0.2, 0) is 4.79 Å². The maximum absolute atomic E-state index is 11.3. The molecule has 4 heteroatoms. The summed E-state index contributed by atoms with van der Waals surface area (Å²) in [4.78, 5) is 22.3. The average molecular weight is 257 g/mol. The van der Waals surface area contributed by atoms with E-state index in [2.05, 4.69) is 5.32 Å². The number of fused-ring (bicyclic) bond motifs is 1. The number of hydrogen-bond acceptors (Lipinski definition) is 4. The molecule has 0 amide bonds. The van der Waals surface area contributed by atoms with Crippen molar-refractivity contribution in [1.29, 1.82) is 0 Å². The first-order valence-corrected chi connectivity index (χ1v) is 5.96. The number of carbonyl (C=O) groups is 1. The van der Waals surface area contributed by atoms with E-state index < -0.39 is 0 Å². The van der Waals surface area contributed by atoms with Gasteiger partial charge in [0.05, 0.1) is 0 Å². The Morgan fingerprint density at radius 3 is 2.68 bits per heavy atom. The van der Waals surface area contributed by atoms with Gasteiger partial charge in [-0.1, -0.05) is 0 Å². The molecule has 0 fully saturated rings. The van der Waals surface area contributed by atoms with Crippen LogP contribution in [0.5, 0.6) is 0 Å². The van der Waals surface area contributed by atoms with Crippen molar-refractivity contribution in [2.75, 3.05) is 5.32 Å². The number of aryl methyl sites for hydroxylation is 1. The van der Waals surface area contributed by atoms with Gasteiger partial charge in [-0.05, 0) is 44.5 Å². The number of benzene rings is 1. The van der Waals surface area contributed by atoms with E-state index in [1.165, 1.54) is 19.1 Å². The van der Waals surface area contributed by atoms with Gasteiger partial charge < -0.3 is 9.73 Å². The second kappa shape index (κ2) is 5.10. The van der Waals surface area contributed by atoms with Crippen LogP contribution in [-0.4, -0.2) is 5.78 Å². The van der Waals surface area contributed by atoms with Crippen molar-refractivity contribution in [2.45, 2.75) is 20.8 Å². The molecule has 1 N–H and O–H groups in total. The Morgan fingerprint density at radius 2 is 2.00 bits per heavy atom. The second-order valence-electron chi connectivity index (χ2n) is 4.52. The third kappa shape index (κ3) is 3.10. The van der Waals surface area contributed by atoms with Crippen LogP contribution in [0.2, 0.25) is 0 Å². The Balaban J connectivity index is 2.42. The van der Waals surface area contributed by atoms with Gasteiger partial charge >= 0.3 is 5.63 Å². The van der Waals surface area contributed by atoms with E-state index in [1.54, 1.807) is 13.0 Å². The molecule has 0 spiro atoms. The molecule has 0 radical (unpaired) electrons. The molecule has 2 aromatic rings. The Bertz CT molecular complexity index is 726. The number of ketones is 1. The van der Waals surface area contributed by atoms with Crippen LogP contribution in [0, 0.1) is 6.92 Å². The maximum Gasteiger partial charge on any atom is 0.336 e. The van der Waals surface area contributed by atoms with E-state index in [0.29, 0.717) is 5.58 Å². The number of carbonyl (C=O) groups excluding carboxylic acids is 1. The lowest BCUT2D eigenvalue weighted by Gasteiger charge is -2.07. The van der Waals surface area contributed by atoms with Crippen LogP contribution < -0.4 is 10.9 Å². The highest BCUT2D eigenvalue weighted by Gasteiger charge is 2.03. The van der Waals surface area contributed by atoms with Gasteiger partial charge in [0.2, 0.25) is 0 Å². The molecule has 0 aliphatic carbocycles. The minimum Gasteiger partial charge on any atom is -0.423 e. The summed E-state index contributed by atoms with van der Waals surface area (Å²) in [7, 11) is 0. The van der Waals surface area contributed by atoms with Crippen molar-refractivity contribution in [2.24, 2.45) is 0 Å². The standard InChI is InChI=1S/C15H15NO3/c1-9-6-15(18)19-14-8-12(4-5-13(9)14)16-10(2)7-11(3)17/h4-8,16H,1-3H3/b10-7-. The normalized spacial score (nSPS) is 11.6. The second-order valence-corrected chi connectivity index (χ2v) is 4.52. The first kappa shape index (κ1) is 13.1. The number of rotatable bonds is 3. The van der Waals surface area contributed by atoms with Crippen LogP contribution in [0.4, 0.5) is 5.69 Å². The minimum atomic E-state index is -0.363. The van der Waals surface area contributed by atoms with Crippen LogP contribution >= 0.6 is 0 Å². The summed E-state index contributed by atoms with van der Waals surface area (Å²) < 4.78 is 5.16. The first-order chi connectivity index (χ1) is 8.95. The predicted molar refractivity (Wildman–Crippen MR) is 75.3 cm³/mol. The molecule has 4 nitrogen and oxygen atoms in total. The highest BCUT2D eigenvalue weighted by atomic mass is 16.4. The highest BCUT2D eigenvalue weighted by molar-refractivity contribution is 5.89. The topological polar surface area (TPSA) is 59.3 Å². The van der Waals surface area contributed by atoms with Crippen molar-refractivity contribution < 1.29 is 9.21 Å². The summed E-state index contributed by atoms with van der Waals surface area (Å²) in [5, 5.41) is 3.98. The quantitative estimate of drug-likeness (QED) is 0.678. The molecular weight excluding hydrogens is 242 g/mol. The fourth-order valence-corrected chi connectivity index (χ4v) is 1.97. The smallest absolute Gasteiger partial charge is 0.336 e. The minimum absolute atomic E-state index is 0.0202. The summed E-state index contributed by atoms with van der Waals surface area (Å²) in [6.45, 7) is 5.17. The van der Waals surface area contributed by atoms with Gasteiger partial charge in [0, 0.05) is 28.9 Å². The Hall–Kier alpha value is -2.36. The van der Waals surface area contributed by atoms with E-state index in [0.717, 1.165) is 22.3 Å². The molecule has 1 aromatic carbocycles. The fraction of sp³-hybridized carbons (Fsp3) is 0.200. The molecule has 1 heterocycles. The van der Waals surface area contributed by atoms with Gasteiger partial charge in [0.25, 0.3) is 0 Å². The van der Waals surface area contributed by atoms with Crippen LogP contribution in [0.25, 0.3) is 11.0 Å². The van der Waals surface area contributed by atoms with E-state index in [9.17, 15) is 9.59 Å². The van der Waals surface area contributed by atoms with Gasteiger partial charge in [-0.15, -0.1) is 0 Å². The summed E-state index contributed by atoms with van der Waals surface area (Å²) in [5.41, 5.74) is 2.57. The molecule has 98 valence electrons. The SMILES string of the molecule is CC(=O)/C=C(/C)Nc1ccc2c(C)cc(=O)oc2c1. The van der Waals surface area contributed by atoms with Crippen molar-refractivity contribution in [1.82, 2.24) is 0 Å². The third-order valence-corrected chi connectivity index (χ3v) is 2.71. The van der Waals surface area contributed by atoms with E-state index in [1.807, 2.05) is 19.1 Å². The molecule has 0 bridgehead atoms. The highest BCUT2D eigenvalue weighted by Crippen LogP contribution is 2.21. The van der Waals surface area contributed by atoms with Crippen molar-refractivity contribution >= 4 is 22.4 Å². The van der Waals surface area contributed by atoms with Gasteiger partial charge in [-0.2, -0.15) is 0 Å². The van der Waals surface area contributed by atoms with Crippen molar-refractivity contribution in [3.05, 3.63) is 52.0 Å². The molecule has 1 aromatic heterocycles. The summed E-state index contributed by atoms with van der Waals surface area (Å²) in [5.74, 6) is -0.0202. The van der Waals surface area contributed by atoms with Crippen LogP contribution in [0.15, 0.2) is 45.3 Å². The molecular formula is C15H15NO3.